The normalized spacial score (nSPS) is 19.6. The standard InChI is InChI=1S/C31H37N5O6/c1-31(2,3)42-30(41)35-16-15-32-18-25(35)26(37)13-7-19-5-8-20(9-6-19)21-10-11-22-24(17-21)34(4)29(40)36(22)23-12-14-27(38)33-28(23)39/h5-6,8-11,17,23,25,32H,7,12-16,18H2,1-4H3,(H,33,38,39). The number of ether oxygens (including phenoxy) is 1. The maximum absolute atomic E-state index is 13.1. The molecule has 2 fully saturated rings. The number of ketones is 1. The summed E-state index contributed by atoms with van der Waals surface area (Å²) in [6.45, 7) is 6.88. The molecule has 3 amide bonds. The van der Waals surface area contributed by atoms with Gasteiger partial charge in [-0.15, -0.1) is 0 Å². The number of aryl methyl sites for hydroxylation is 2. The van der Waals surface area contributed by atoms with Gasteiger partial charge in [-0.1, -0.05) is 30.3 Å². The molecule has 2 aliphatic rings. The number of imidazole rings is 1. The first-order chi connectivity index (χ1) is 19.9. The van der Waals surface area contributed by atoms with Gasteiger partial charge in [-0.25, -0.2) is 9.59 Å². The molecule has 2 saturated heterocycles. The van der Waals surface area contributed by atoms with Crippen molar-refractivity contribution in [1.29, 1.82) is 0 Å². The van der Waals surface area contributed by atoms with E-state index in [1.165, 1.54) is 14.0 Å². The highest BCUT2D eigenvalue weighted by Crippen LogP contribution is 2.28. The van der Waals surface area contributed by atoms with E-state index in [0.29, 0.717) is 43.5 Å². The van der Waals surface area contributed by atoms with Gasteiger partial charge >= 0.3 is 11.8 Å². The van der Waals surface area contributed by atoms with Gasteiger partial charge in [0.05, 0.1) is 11.0 Å². The number of imide groups is 1. The predicted molar refractivity (Wildman–Crippen MR) is 157 cm³/mol. The van der Waals surface area contributed by atoms with Gasteiger partial charge in [0, 0.05) is 39.5 Å². The average molecular weight is 576 g/mol. The fourth-order valence-corrected chi connectivity index (χ4v) is 5.60. The maximum atomic E-state index is 13.1. The molecule has 0 bridgehead atoms. The summed E-state index contributed by atoms with van der Waals surface area (Å²) in [6.07, 6.45) is 0.849. The zero-order valence-electron chi connectivity index (χ0n) is 24.4. The van der Waals surface area contributed by atoms with Crippen molar-refractivity contribution in [2.75, 3.05) is 19.6 Å². The topological polar surface area (TPSA) is 132 Å². The van der Waals surface area contributed by atoms with E-state index in [-0.39, 0.29) is 30.2 Å². The number of fused-ring (bicyclic) bond motifs is 1. The summed E-state index contributed by atoms with van der Waals surface area (Å²) in [5, 5.41) is 5.53. The number of benzene rings is 2. The Hall–Kier alpha value is -4.25. The van der Waals surface area contributed by atoms with Gasteiger partial charge in [-0.3, -0.25) is 33.7 Å². The summed E-state index contributed by atoms with van der Waals surface area (Å²) >= 11 is 0. The van der Waals surface area contributed by atoms with E-state index < -0.39 is 29.7 Å². The fourth-order valence-electron chi connectivity index (χ4n) is 5.60. The summed E-state index contributed by atoms with van der Waals surface area (Å²) in [4.78, 5) is 64.4. The third-order valence-corrected chi connectivity index (χ3v) is 7.80. The lowest BCUT2D eigenvalue weighted by Crippen LogP contribution is -2.57. The Balaban J connectivity index is 1.28. The van der Waals surface area contributed by atoms with Crippen LogP contribution in [0.25, 0.3) is 22.2 Å². The first-order valence-corrected chi connectivity index (χ1v) is 14.3. The number of amides is 3. The number of piperazine rings is 1. The molecule has 11 heteroatoms. The van der Waals surface area contributed by atoms with Gasteiger partial charge in [0.25, 0.3) is 0 Å². The predicted octanol–water partition coefficient (Wildman–Crippen LogP) is 2.70. The minimum atomic E-state index is -0.729. The molecular weight excluding hydrogens is 538 g/mol. The molecule has 2 atom stereocenters. The molecule has 1 aromatic heterocycles. The third kappa shape index (κ3) is 6.01. The van der Waals surface area contributed by atoms with Crippen LogP contribution < -0.4 is 16.3 Å². The van der Waals surface area contributed by atoms with Crippen LogP contribution in [-0.2, 0) is 32.6 Å². The van der Waals surface area contributed by atoms with Crippen LogP contribution in [-0.4, -0.2) is 69.0 Å². The number of rotatable bonds is 6. The molecule has 0 saturated carbocycles. The second-order valence-electron chi connectivity index (χ2n) is 11.9. The molecule has 2 unspecified atom stereocenters. The van der Waals surface area contributed by atoms with E-state index in [1.54, 1.807) is 7.05 Å². The van der Waals surface area contributed by atoms with Crippen LogP contribution in [0.1, 0.15) is 51.6 Å². The molecule has 42 heavy (non-hydrogen) atoms. The highest BCUT2D eigenvalue weighted by molar-refractivity contribution is 6.00. The molecule has 0 radical (unpaired) electrons. The van der Waals surface area contributed by atoms with Crippen molar-refractivity contribution in [1.82, 2.24) is 24.7 Å². The lowest BCUT2D eigenvalue weighted by atomic mass is 9.98. The number of hydrogen-bond acceptors (Lipinski definition) is 7. The Kier molecular flexibility index (Phi) is 8.05. The van der Waals surface area contributed by atoms with Gasteiger partial charge in [-0.2, -0.15) is 0 Å². The number of nitrogens with one attached hydrogen (secondary N) is 2. The number of carbonyl (C=O) groups is 4. The summed E-state index contributed by atoms with van der Waals surface area (Å²) < 4.78 is 8.50. The smallest absolute Gasteiger partial charge is 0.410 e. The largest absolute Gasteiger partial charge is 0.444 e. The first-order valence-electron chi connectivity index (χ1n) is 14.3. The average Bonchev–Trinajstić information content (AvgIpc) is 3.20. The molecule has 3 heterocycles. The van der Waals surface area contributed by atoms with Crippen molar-refractivity contribution in [2.24, 2.45) is 7.05 Å². The maximum Gasteiger partial charge on any atom is 0.410 e. The van der Waals surface area contributed by atoms with Gasteiger partial charge < -0.3 is 10.1 Å². The highest BCUT2D eigenvalue weighted by atomic mass is 16.6. The highest BCUT2D eigenvalue weighted by Gasteiger charge is 2.34. The number of carbonyl (C=O) groups excluding carboxylic acids is 4. The van der Waals surface area contributed by atoms with Gasteiger partial charge in [-0.05, 0) is 62.4 Å². The lowest BCUT2D eigenvalue weighted by Gasteiger charge is -2.36. The van der Waals surface area contributed by atoms with E-state index in [9.17, 15) is 24.0 Å². The number of aromatic nitrogens is 2. The Morgan fingerprint density at radius 1 is 1.00 bits per heavy atom. The van der Waals surface area contributed by atoms with Gasteiger partial charge in [0.15, 0.2) is 5.78 Å². The number of hydrogen-bond donors (Lipinski definition) is 2. The van der Waals surface area contributed by atoms with Crippen LogP contribution in [0.3, 0.4) is 0 Å². The van der Waals surface area contributed by atoms with Gasteiger partial charge in [0.1, 0.15) is 17.7 Å². The minimum Gasteiger partial charge on any atom is -0.444 e. The van der Waals surface area contributed by atoms with E-state index in [2.05, 4.69) is 10.6 Å². The van der Waals surface area contributed by atoms with E-state index in [4.69, 9.17) is 4.74 Å². The van der Waals surface area contributed by atoms with Crippen molar-refractivity contribution in [3.8, 4) is 11.1 Å². The molecule has 11 nitrogen and oxygen atoms in total. The molecule has 222 valence electrons. The van der Waals surface area contributed by atoms with Crippen LogP contribution >= 0.6 is 0 Å². The van der Waals surface area contributed by atoms with Crippen LogP contribution in [0.5, 0.6) is 0 Å². The zero-order chi connectivity index (χ0) is 30.2. The molecule has 0 spiro atoms. The quantitative estimate of drug-likeness (QED) is 0.432. The molecule has 3 aromatic rings. The van der Waals surface area contributed by atoms with E-state index >= 15 is 0 Å². The summed E-state index contributed by atoms with van der Waals surface area (Å²) in [5.74, 6) is -0.797. The molecule has 2 aromatic carbocycles. The SMILES string of the molecule is Cn1c(=O)n(C2CCC(=O)NC2=O)c2ccc(-c3ccc(CCC(=O)C4CNCCN4C(=O)OC(C)(C)C)cc3)cc21. The summed E-state index contributed by atoms with van der Waals surface area (Å²) in [7, 11) is 1.67. The second-order valence-corrected chi connectivity index (χ2v) is 11.9. The molecular formula is C31H37N5O6. The van der Waals surface area contributed by atoms with Crippen molar-refractivity contribution in [2.45, 2.75) is 64.1 Å². The molecule has 0 aliphatic carbocycles. The summed E-state index contributed by atoms with van der Waals surface area (Å²) in [6, 6.07) is 12.3. The monoisotopic (exact) mass is 575 g/mol. The van der Waals surface area contributed by atoms with E-state index in [1.807, 2.05) is 63.2 Å². The van der Waals surface area contributed by atoms with Crippen LogP contribution in [0, 0.1) is 0 Å². The minimum absolute atomic E-state index is 0.0102. The van der Waals surface area contributed by atoms with Crippen LogP contribution in [0.4, 0.5) is 4.79 Å². The third-order valence-electron chi connectivity index (χ3n) is 7.80. The zero-order valence-corrected chi connectivity index (χ0v) is 24.4. The first kappa shape index (κ1) is 29.2. The number of Topliss-reactive ketones (excluding diaryl/α,β-unsaturated/α-hetero) is 1. The van der Waals surface area contributed by atoms with Gasteiger partial charge in [0.2, 0.25) is 11.8 Å². The Labute approximate surface area is 243 Å². The molecule has 2 aliphatic heterocycles. The number of piperidine rings is 1. The van der Waals surface area contributed by atoms with Crippen molar-refractivity contribution < 1.29 is 23.9 Å². The molecule has 2 N–H and O–H groups in total. The second kappa shape index (κ2) is 11.6. The van der Waals surface area contributed by atoms with Crippen molar-refractivity contribution in [3.05, 3.63) is 58.5 Å². The van der Waals surface area contributed by atoms with Crippen LogP contribution in [0.2, 0.25) is 0 Å². The van der Waals surface area contributed by atoms with Crippen molar-refractivity contribution >= 4 is 34.7 Å². The Morgan fingerprint density at radius 3 is 2.40 bits per heavy atom. The Bertz CT molecular complexity index is 1600. The van der Waals surface area contributed by atoms with E-state index in [0.717, 1.165) is 16.7 Å². The van der Waals surface area contributed by atoms with Crippen molar-refractivity contribution in [3.63, 3.8) is 0 Å². The fraction of sp³-hybridized carbons (Fsp3) is 0.452. The number of nitrogens with zero attached hydrogens (tertiary/aromatic N) is 3. The molecule has 5 rings (SSSR count). The Morgan fingerprint density at radius 2 is 1.71 bits per heavy atom. The lowest BCUT2D eigenvalue weighted by molar-refractivity contribution is -0.135. The van der Waals surface area contributed by atoms with Crippen LogP contribution in [0.15, 0.2) is 47.3 Å². The summed E-state index contributed by atoms with van der Waals surface area (Å²) in [5.41, 5.74) is 3.23.